The predicted octanol–water partition coefficient (Wildman–Crippen LogP) is 0.876. The fraction of sp³-hybridized carbons (Fsp3) is 0.455. The van der Waals surface area contributed by atoms with Crippen LogP contribution in [0.2, 0.25) is 0 Å². The summed E-state index contributed by atoms with van der Waals surface area (Å²) in [7, 11) is 0. The number of carbonyl (C=O) groups excluding carboxylic acids is 1. The maximum absolute atomic E-state index is 11.8. The Bertz CT molecular complexity index is 402. The monoisotopic (exact) mass is 257 g/mol. The summed E-state index contributed by atoms with van der Waals surface area (Å²) >= 11 is 1.29. The van der Waals surface area contributed by atoms with Gasteiger partial charge >= 0.3 is 5.97 Å². The van der Waals surface area contributed by atoms with E-state index in [4.69, 9.17) is 10.2 Å². The topological polar surface area (TPSA) is 86.6 Å². The highest BCUT2D eigenvalue weighted by atomic mass is 32.1. The minimum absolute atomic E-state index is 0.00784. The molecule has 0 aliphatic rings. The van der Waals surface area contributed by atoms with E-state index in [0.29, 0.717) is 4.88 Å². The number of aliphatic hydroxyl groups excluding tert-OH is 1. The van der Waals surface area contributed by atoms with E-state index in [2.05, 4.69) is 5.32 Å². The lowest BCUT2D eigenvalue weighted by Gasteiger charge is -2.12. The minimum Gasteiger partial charge on any atom is -0.480 e. The molecule has 6 heteroatoms. The van der Waals surface area contributed by atoms with Crippen LogP contribution in [0.15, 0.2) is 11.4 Å². The molecule has 0 spiro atoms. The Kier molecular flexibility index (Phi) is 5.11. The van der Waals surface area contributed by atoms with Gasteiger partial charge in [-0.15, -0.1) is 11.3 Å². The van der Waals surface area contributed by atoms with Gasteiger partial charge in [-0.2, -0.15) is 0 Å². The fourth-order valence-corrected chi connectivity index (χ4v) is 2.32. The lowest BCUT2D eigenvalue weighted by molar-refractivity contribution is -0.139. The normalized spacial score (nSPS) is 12.1. The first-order valence-electron chi connectivity index (χ1n) is 5.31. The molecule has 0 bridgehead atoms. The molecule has 0 aliphatic heterocycles. The molecule has 1 atom stereocenters. The molecule has 1 aromatic heterocycles. The van der Waals surface area contributed by atoms with Crippen molar-refractivity contribution in [3.63, 3.8) is 0 Å². The number of aryl methyl sites for hydroxylation is 1. The van der Waals surface area contributed by atoms with E-state index in [1.807, 2.05) is 13.0 Å². The molecule has 0 saturated heterocycles. The van der Waals surface area contributed by atoms with E-state index in [0.717, 1.165) is 12.0 Å². The molecular weight excluding hydrogens is 242 g/mol. The van der Waals surface area contributed by atoms with Crippen molar-refractivity contribution in [3.05, 3.63) is 21.9 Å². The van der Waals surface area contributed by atoms with E-state index in [9.17, 15) is 9.59 Å². The van der Waals surface area contributed by atoms with E-state index in [1.165, 1.54) is 11.3 Å². The van der Waals surface area contributed by atoms with Crippen molar-refractivity contribution >= 4 is 23.2 Å². The Balaban J connectivity index is 2.73. The number of hydrogen-bond donors (Lipinski definition) is 3. The molecule has 17 heavy (non-hydrogen) atoms. The number of carboxylic acids is 1. The molecular formula is C11H15NO4S. The molecule has 0 saturated carbocycles. The van der Waals surface area contributed by atoms with E-state index in [1.54, 1.807) is 5.38 Å². The van der Waals surface area contributed by atoms with Crippen molar-refractivity contribution in [3.8, 4) is 0 Å². The zero-order valence-corrected chi connectivity index (χ0v) is 10.3. The second-order valence-electron chi connectivity index (χ2n) is 3.51. The zero-order chi connectivity index (χ0) is 12.8. The number of hydrogen-bond acceptors (Lipinski definition) is 4. The summed E-state index contributed by atoms with van der Waals surface area (Å²) in [6.07, 6.45) is 0.734. The first kappa shape index (κ1) is 13.7. The fourth-order valence-electron chi connectivity index (χ4n) is 1.42. The van der Waals surface area contributed by atoms with Gasteiger partial charge in [0.1, 0.15) is 6.04 Å². The van der Waals surface area contributed by atoms with Crippen LogP contribution in [-0.2, 0) is 11.2 Å². The van der Waals surface area contributed by atoms with Gasteiger partial charge in [0, 0.05) is 13.0 Å². The summed E-state index contributed by atoms with van der Waals surface area (Å²) in [6.45, 7) is 1.66. The van der Waals surface area contributed by atoms with Gasteiger partial charge in [0.2, 0.25) is 0 Å². The van der Waals surface area contributed by atoms with Gasteiger partial charge in [-0.25, -0.2) is 4.79 Å². The van der Waals surface area contributed by atoms with Crippen LogP contribution < -0.4 is 5.32 Å². The van der Waals surface area contributed by atoms with Gasteiger partial charge in [-0.1, -0.05) is 6.92 Å². The predicted molar refractivity (Wildman–Crippen MR) is 64.3 cm³/mol. The summed E-state index contributed by atoms with van der Waals surface area (Å²) < 4.78 is 0. The van der Waals surface area contributed by atoms with Crippen molar-refractivity contribution < 1.29 is 19.8 Å². The standard InChI is InChI=1S/C11H15NO4S/c1-2-7-4-6-17-9(7)10(14)12-8(3-5-13)11(15)16/h4,6,8,13H,2-3,5H2,1H3,(H,12,14)(H,15,16). The van der Waals surface area contributed by atoms with Crippen LogP contribution in [0, 0.1) is 0 Å². The van der Waals surface area contributed by atoms with Gasteiger partial charge in [0.15, 0.2) is 0 Å². The molecule has 5 nitrogen and oxygen atoms in total. The highest BCUT2D eigenvalue weighted by Crippen LogP contribution is 2.17. The van der Waals surface area contributed by atoms with Crippen molar-refractivity contribution in [2.75, 3.05) is 6.61 Å². The third-order valence-corrected chi connectivity index (χ3v) is 3.31. The highest BCUT2D eigenvalue weighted by Gasteiger charge is 2.21. The van der Waals surface area contributed by atoms with Crippen molar-refractivity contribution in [2.45, 2.75) is 25.8 Å². The van der Waals surface area contributed by atoms with Crippen LogP contribution in [0.3, 0.4) is 0 Å². The van der Waals surface area contributed by atoms with Crippen molar-refractivity contribution in [1.82, 2.24) is 5.32 Å². The summed E-state index contributed by atoms with van der Waals surface area (Å²) in [5, 5.41) is 21.8. The third-order valence-electron chi connectivity index (χ3n) is 2.36. The Labute approximate surface area is 103 Å². The van der Waals surface area contributed by atoms with Crippen LogP contribution >= 0.6 is 11.3 Å². The number of amides is 1. The first-order valence-corrected chi connectivity index (χ1v) is 6.19. The number of aliphatic carboxylic acids is 1. The SMILES string of the molecule is CCc1ccsc1C(=O)NC(CCO)C(=O)O. The molecule has 0 aromatic carbocycles. The number of thiophene rings is 1. The molecule has 1 rings (SSSR count). The number of rotatable bonds is 6. The molecule has 94 valence electrons. The lowest BCUT2D eigenvalue weighted by atomic mass is 10.1. The van der Waals surface area contributed by atoms with E-state index in [-0.39, 0.29) is 13.0 Å². The second kappa shape index (κ2) is 6.36. The molecule has 0 radical (unpaired) electrons. The Morgan fingerprint density at radius 3 is 2.76 bits per heavy atom. The van der Waals surface area contributed by atoms with Gasteiger partial charge in [-0.3, -0.25) is 4.79 Å². The highest BCUT2D eigenvalue weighted by molar-refractivity contribution is 7.12. The summed E-state index contributed by atoms with van der Waals surface area (Å²) in [6, 6.07) is 0.806. The second-order valence-corrected chi connectivity index (χ2v) is 4.42. The van der Waals surface area contributed by atoms with Crippen LogP contribution in [0.5, 0.6) is 0 Å². The van der Waals surface area contributed by atoms with Crippen molar-refractivity contribution in [2.24, 2.45) is 0 Å². The van der Waals surface area contributed by atoms with Gasteiger partial charge in [-0.05, 0) is 23.4 Å². The quantitative estimate of drug-likeness (QED) is 0.706. The Hall–Kier alpha value is -1.40. The molecule has 3 N–H and O–H groups in total. The number of nitrogens with one attached hydrogen (secondary N) is 1. The Morgan fingerprint density at radius 2 is 2.24 bits per heavy atom. The maximum atomic E-state index is 11.8. The summed E-state index contributed by atoms with van der Waals surface area (Å²) in [5.41, 5.74) is 0.903. The van der Waals surface area contributed by atoms with Crippen molar-refractivity contribution in [1.29, 1.82) is 0 Å². The number of carboxylic acid groups (broad SMARTS) is 1. The first-order chi connectivity index (χ1) is 8.10. The Morgan fingerprint density at radius 1 is 1.53 bits per heavy atom. The van der Waals surface area contributed by atoms with Gasteiger partial charge in [0.05, 0.1) is 4.88 Å². The van der Waals surface area contributed by atoms with Gasteiger partial charge in [0.25, 0.3) is 5.91 Å². The zero-order valence-electron chi connectivity index (χ0n) is 9.47. The molecule has 1 amide bonds. The summed E-state index contributed by atoms with van der Waals surface area (Å²) in [5.74, 6) is -1.53. The molecule has 0 fully saturated rings. The summed E-state index contributed by atoms with van der Waals surface area (Å²) in [4.78, 5) is 23.2. The number of aliphatic hydroxyl groups is 1. The van der Waals surface area contributed by atoms with Crippen LogP contribution in [0.4, 0.5) is 0 Å². The average Bonchev–Trinajstić information content (AvgIpc) is 2.76. The molecule has 0 aliphatic carbocycles. The van der Waals surface area contributed by atoms with E-state index >= 15 is 0 Å². The van der Waals surface area contributed by atoms with Crippen LogP contribution in [-0.4, -0.2) is 34.7 Å². The van der Waals surface area contributed by atoms with Crippen LogP contribution in [0.25, 0.3) is 0 Å². The minimum atomic E-state index is -1.14. The average molecular weight is 257 g/mol. The smallest absolute Gasteiger partial charge is 0.326 e. The molecule has 1 heterocycles. The molecule has 1 unspecified atom stereocenters. The maximum Gasteiger partial charge on any atom is 0.326 e. The van der Waals surface area contributed by atoms with E-state index < -0.39 is 17.9 Å². The van der Waals surface area contributed by atoms with Gasteiger partial charge < -0.3 is 15.5 Å². The molecule has 1 aromatic rings. The third kappa shape index (κ3) is 3.54. The van der Waals surface area contributed by atoms with Crippen LogP contribution in [0.1, 0.15) is 28.6 Å². The lowest BCUT2D eigenvalue weighted by Crippen LogP contribution is -2.41. The number of carbonyl (C=O) groups is 2. The largest absolute Gasteiger partial charge is 0.480 e.